The molecule has 8 atom stereocenters. The van der Waals surface area contributed by atoms with Gasteiger partial charge in [-0.25, -0.2) is 9.97 Å². The van der Waals surface area contributed by atoms with E-state index in [1.54, 1.807) is 0 Å². The van der Waals surface area contributed by atoms with Gasteiger partial charge in [-0.15, -0.1) is 0 Å². The van der Waals surface area contributed by atoms with Crippen molar-refractivity contribution in [2.24, 2.45) is 47.3 Å². The molecular formula is C40H30N4O4. The maximum absolute atomic E-state index is 13.4. The van der Waals surface area contributed by atoms with E-state index in [9.17, 15) is 19.2 Å². The zero-order valence-electron chi connectivity index (χ0n) is 25.8. The summed E-state index contributed by atoms with van der Waals surface area (Å²) in [6, 6.07) is 26.5. The molecule has 4 aromatic rings. The van der Waals surface area contributed by atoms with Crippen LogP contribution in [0.5, 0.6) is 0 Å². The number of carbonyl (C=O) groups is 4. The number of rotatable bonds is 5. The molecule has 10 rings (SSSR count). The Morgan fingerprint density at radius 2 is 0.833 bits per heavy atom. The third-order valence-corrected chi connectivity index (χ3v) is 11.5. The Balaban J connectivity index is 0.972. The van der Waals surface area contributed by atoms with Crippen LogP contribution in [0, 0.1) is 47.3 Å². The van der Waals surface area contributed by atoms with E-state index in [2.05, 4.69) is 24.3 Å². The van der Waals surface area contributed by atoms with E-state index >= 15 is 0 Å². The summed E-state index contributed by atoms with van der Waals surface area (Å²) in [6.07, 6.45) is 10.2. The van der Waals surface area contributed by atoms with Gasteiger partial charge in [0.1, 0.15) is 0 Å². The zero-order valence-corrected chi connectivity index (χ0v) is 25.8. The summed E-state index contributed by atoms with van der Waals surface area (Å²) in [5.74, 6) is -0.179. The van der Waals surface area contributed by atoms with Gasteiger partial charge in [-0.3, -0.25) is 29.0 Å². The molecule has 4 amide bonds. The van der Waals surface area contributed by atoms with Crippen LogP contribution in [0.4, 0.5) is 11.4 Å². The highest BCUT2D eigenvalue weighted by molar-refractivity contribution is 6.23. The highest BCUT2D eigenvalue weighted by atomic mass is 16.2. The Hall–Kier alpha value is -5.50. The van der Waals surface area contributed by atoms with Crippen LogP contribution in [0.3, 0.4) is 0 Å². The topological polar surface area (TPSA) is 101 Å². The fourth-order valence-electron chi connectivity index (χ4n) is 9.34. The summed E-state index contributed by atoms with van der Waals surface area (Å²) in [5.41, 5.74) is 5.03. The van der Waals surface area contributed by atoms with Crippen molar-refractivity contribution in [3.05, 3.63) is 109 Å². The minimum atomic E-state index is -0.245. The van der Waals surface area contributed by atoms with Crippen LogP contribution in [0.1, 0.15) is 12.8 Å². The predicted octanol–water partition coefficient (Wildman–Crippen LogP) is 6.10. The number of anilines is 2. The molecule has 2 aliphatic heterocycles. The fourth-order valence-corrected chi connectivity index (χ4v) is 9.34. The number of carbonyl (C=O) groups excluding carboxylic acids is 4. The lowest BCUT2D eigenvalue weighted by Gasteiger charge is -2.18. The van der Waals surface area contributed by atoms with E-state index in [1.807, 2.05) is 84.9 Å². The smallest absolute Gasteiger partial charge is 0.238 e. The number of allylic oxidation sites excluding steroid dienone is 4. The first-order valence-corrected chi connectivity index (χ1v) is 16.7. The molecule has 3 aromatic carbocycles. The SMILES string of the molecule is O=C1[C@@H]2[C@H](C(=O)N1c1ccc(-c3cc(-c4ccc(N5C(=O)[C@@H]6[C@H](C5=O)[C@H]5C=C[C@H]6C5)cc4)nc(-c4ccccc4)n3)cc1)[C@H]1C=C[C@H]2C1. The van der Waals surface area contributed by atoms with Gasteiger partial charge in [0.05, 0.1) is 46.4 Å². The normalized spacial score (nSPS) is 30.7. The van der Waals surface area contributed by atoms with Crippen LogP contribution in [-0.2, 0) is 19.2 Å². The molecule has 8 nitrogen and oxygen atoms in total. The first kappa shape index (κ1) is 27.6. The van der Waals surface area contributed by atoms with Crippen molar-refractivity contribution in [1.29, 1.82) is 0 Å². The van der Waals surface area contributed by atoms with Gasteiger partial charge in [-0.05, 0) is 66.8 Å². The Morgan fingerprint density at radius 1 is 0.458 bits per heavy atom. The van der Waals surface area contributed by atoms with E-state index in [1.165, 1.54) is 9.80 Å². The Morgan fingerprint density at radius 3 is 1.21 bits per heavy atom. The molecule has 48 heavy (non-hydrogen) atoms. The van der Waals surface area contributed by atoms with E-state index in [0.717, 1.165) is 29.5 Å². The Kier molecular flexibility index (Phi) is 5.75. The summed E-state index contributed by atoms with van der Waals surface area (Å²) in [6.45, 7) is 0. The third-order valence-electron chi connectivity index (χ3n) is 11.5. The van der Waals surface area contributed by atoms with Gasteiger partial charge in [-0.1, -0.05) is 78.9 Å². The van der Waals surface area contributed by atoms with Crippen LogP contribution in [0.15, 0.2) is 109 Å². The average molecular weight is 631 g/mol. The number of hydrogen-bond acceptors (Lipinski definition) is 6. The van der Waals surface area contributed by atoms with Crippen molar-refractivity contribution in [3.63, 3.8) is 0 Å². The standard InChI is InChI=1S/C40H30N4O4/c45-37-32-24-6-7-25(18-24)33(32)38(46)43(37)28-14-10-21(11-15-28)30-20-31(42-36(41-30)23-4-2-1-3-5-23)22-12-16-29(17-13-22)44-39(47)34-26-8-9-27(19-26)35(34)40(44)48/h1-17,20,24-27,32-35H,18-19H2/t24-,25-,26-,27-,32-,33+,34-,35+/m0/s1. The van der Waals surface area contributed by atoms with Gasteiger partial charge in [0, 0.05) is 16.7 Å². The number of nitrogens with zero attached hydrogens (tertiary/aromatic N) is 4. The van der Waals surface area contributed by atoms with Crippen LogP contribution < -0.4 is 9.80 Å². The first-order chi connectivity index (χ1) is 23.4. The average Bonchev–Trinajstić information content (AvgIpc) is 3.98. The molecule has 234 valence electrons. The lowest BCUT2D eigenvalue weighted by Crippen LogP contribution is -2.32. The number of imide groups is 2. The van der Waals surface area contributed by atoms with Gasteiger partial charge >= 0.3 is 0 Å². The number of fused-ring (bicyclic) bond motifs is 10. The molecule has 0 unspecified atom stereocenters. The van der Waals surface area contributed by atoms with Crippen molar-refractivity contribution < 1.29 is 19.2 Å². The second-order valence-electron chi connectivity index (χ2n) is 13.9. The lowest BCUT2D eigenvalue weighted by molar-refractivity contribution is -0.124. The van der Waals surface area contributed by atoms with Gasteiger partial charge < -0.3 is 0 Å². The van der Waals surface area contributed by atoms with E-state index in [0.29, 0.717) is 28.6 Å². The molecule has 3 heterocycles. The fraction of sp³-hybridized carbons (Fsp3) is 0.250. The Labute approximate surface area is 276 Å². The number of hydrogen-bond donors (Lipinski definition) is 0. The maximum Gasteiger partial charge on any atom is 0.238 e. The van der Waals surface area contributed by atoms with Crippen molar-refractivity contribution in [3.8, 4) is 33.9 Å². The second-order valence-corrected chi connectivity index (χ2v) is 13.9. The minimum absolute atomic E-state index is 0.0988. The predicted molar refractivity (Wildman–Crippen MR) is 179 cm³/mol. The Bertz CT molecular complexity index is 1930. The monoisotopic (exact) mass is 630 g/mol. The van der Waals surface area contributed by atoms with Gasteiger partial charge in [0.2, 0.25) is 23.6 Å². The van der Waals surface area contributed by atoms with E-state index in [4.69, 9.17) is 9.97 Å². The maximum atomic E-state index is 13.4. The molecule has 0 spiro atoms. The van der Waals surface area contributed by atoms with Crippen molar-refractivity contribution in [1.82, 2.24) is 9.97 Å². The highest BCUT2D eigenvalue weighted by Gasteiger charge is 2.60. The minimum Gasteiger partial charge on any atom is -0.274 e. The molecule has 1 aromatic heterocycles. The number of aromatic nitrogens is 2. The number of benzene rings is 3. The van der Waals surface area contributed by atoms with Gasteiger partial charge in [0.25, 0.3) is 0 Å². The van der Waals surface area contributed by atoms with Crippen LogP contribution >= 0.6 is 0 Å². The first-order valence-electron chi connectivity index (χ1n) is 16.7. The second kappa shape index (κ2) is 10.0. The van der Waals surface area contributed by atoms with Crippen molar-refractivity contribution in [2.75, 3.05) is 9.80 Å². The number of amides is 4. The van der Waals surface area contributed by atoms with E-state index in [-0.39, 0.29) is 71.0 Å². The molecule has 8 heteroatoms. The summed E-state index contributed by atoms with van der Waals surface area (Å²) in [4.78, 5) is 66.1. The summed E-state index contributed by atoms with van der Waals surface area (Å²) in [5, 5.41) is 0. The highest BCUT2D eigenvalue weighted by Crippen LogP contribution is 2.54. The quantitative estimate of drug-likeness (QED) is 0.195. The molecular weight excluding hydrogens is 600 g/mol. The zero-order chi connectivity index (χ0) is 32.3. The molecule has 4 fully saturated rings. The summed E-state index contributed by atoms with van der Waals surface area (Å²) in [7, 11) is 0. The molecule has 6 aliphatic rings. The molecule has 0 N–H and O–H groups in total. The lowest BCUT2D eigenvalue weighted by atomic mass is 9.85. The largest absolute Gasteiger partial charge is 0.274 e. The van der Waals surface area contributed by atoms with Crippen LogP contribution in [0.25, 0.3) is 33.9 Å². The summed E-state index contributed by atoms with van der Waals surface area (Å²) >= 11 is 0. The van der Waals surface area contributed by atoms with Crippen molar-refractivity contribution in [2.45, 2.75) is 12.8 Å². The molecule has 2 saturated carbocycles. The van der Waals surface area contributed by atoms with Crippen LogP contribution in [-0.4, -0.2) is 33.6 Å². The van der Waals surface area contributed by atoms with Crippen LogP contribution in [0.2, 0.25) is 0 Å². The van der Waals surface area contributed by atoms with Gasteiger partial charge in [0.15, 0.2) is 5.82 Å². The molecule has 4 bridgehead atoms. The molecule has 2 saturated heterocycles. The van der Waals surface area contributed by atoms with E-state index < -0.39 is 0 Å². The van der Waals surface area contributed by atoms with Crippen molar-refractivity contribution >= 4 is 35.0 Å². The molecule has 0 radical (unpaired) electrons. The summed E-state index contributed by atoms with van der Waals surface area (Å²) < 4.78 is 0. The molecule has 4 aliphatic carbocycles. The third kappa shape index (κ3) is 3.83. The van der Waals surface area contributed by atoms with Gasteiger partial charge in [-0.2, -0.15) is 0 Å².